The van der Waals surface area contributed by atoms with Crippen LogP contribution in [0, 0.1) is 22.8 Å². The molecule has 2 aromatic carbocycles. The second-order valence-electron chi connectivity index (χ2n) is 7.23. The predicted molar refractivity (Wildman–Crippen MR) is 131 cm³/mol. The molecule has 0 radical (unpaired) electrons. The maximum absolute atomic E-state index is 9.48. The van der Waals surface area contributed by atoms with E-state index in [0.717, 1.165) is 10.0 Å². The lowest BCUT2D eigenvalue weighted by Crippen LogP contribution is -2.32. The van der Waals surface area contributed by atoms with Crippen LogP contribution in [0.1, 0.15) is 28.3 Å². The van der Waals surface area contributed by atoms with E-state index in [-0.39, 0.29) is 23.0 Å². The summed E-state index contributed by atoms with van der Waals surface area (Å²) >= 11 is 3.45. The van der Waals surface area contributed by atoms with Crippen molar-refractivity contribution in [1.82, 2.24) is 10.3 Å². The summed E-state index contributed by atoms with van der Waals surface area (Å²) in [5, 5.41) is 23.9. The molecular formula is C23H19BrN8O2. The van der Waals surface area contributed by atoms with Gasteiger partial charge >= 0.3 is 0 Å². The van der Waals surface area contributed by atoms with Crippen molar-refractivity contribution in [2.75, 3.05) is 23.9 Å². The summed E-state index contributed by atoms with van der Waals surface area (Å²) in [6.45, 7) is 0.349. The minimum Gasteiger partial charge on any atom is -0.493 e. The fourth-order valence-electron chi connectivity index (χ4n) is 3.58. The zero-order valence-corrected chi connectivity index (χ0v) is 19.5. The molecule has 0 saturated heterocycles. The van der Waals surface area contributed by atoms with Gasteiger partial charge in [0.2, 0.25) is 5.96 Å². The van der Waals surface area contributed by atoms with Gasteiger partial charge < -0.3 is 26.3 Å². The average Bonchev–Trinajstić information content (AvgIpc) is 2.82. The molecule has 11 heteroatoms. The van der Waals surface area contributed by atoms with E-state index < -0.39 is 6.04 Å². The Morgan fingerprint density at radius 1 is 1.18 bits per heavy atom. The second kappa shape index (κ2) is 9.57. The largest absolute Gasteiger partial charge is 0.493 e. The number of hydrogen-bond acceptors (Lipinski definition) is 10. The number of nitriles is 2. The number of aliphatic imine (C=N–C) groups is 1. The van der Waals surface area contributed by atoms with Crippen molar-refractivity contribution < 1.29 is 9.47 Å². The van der Waals surface area contributed by atoms with Gasteiger partial charge in [-0.15, -0.1) is 0 Å². The van der Waals surface area contributed by atoms with E-state index >= 15 is 0 Å². The first-order valence-electron chi connectivity index (χ1n) is 9.99. The quantitative estimate of drug-likeness (QED) is 0.292. The molecule has 0 amide bonds. The number of nitrogens with zero attached hydrogens (tertiary/aromatic N) is 4. The Kier molecular flexibility index (Phi) is 6.39. The molecule has 10 nitrogen and oxygen atoms in total. The summed E-state index contributed by atoms with van der Waals surface area (Å²) in [7, 11) is 1.54. The third kappa shape index (κ3) is 4.37. The lowest BCUT2D eigenvalue weighted by molar-refractivity contribution is 0.284. The van der Waals surface area contributed by atoms with Crippen LogP contribution in [0.5, 0.6) is 11.5 Å². The molecule has 0 bridgehead atoms. The van der Waals surface area contributed by atoms with E-state index in [4.69, 9.17) is 26.2 Å². The van der Waals surface area contributed by atoms with Gasteiger partial charge in [-0.3, -0.25) is 5.32 Å². The van der Waals surface area contributed by atoms with Crippen LogP contribution < -0.4 is 31.6 Å². The van der Waals surface area contributed by atoms with Crippen molar-refractivity contribution in [3.8, 4) is 23.8 Å². The molecule has 1 aliphatic heterocycles. The summed E-state index contributed by atoms with van der Waals surface area (Å²) in [6, 6.07) is 14.5. The number of methoxy groups -OCH3 is 1. The number of rotatable bonds is 5. The molecule has 170 valence electrons. The molecule has 4 rings (SSSR count). The topological polar surface area (TPSA) is 167 Å². The number of guanidine groups is 1. The van der Waals surface area contributed by atoms with Crippen LogP contribution in [0.2, 0.25) is 0 Å². The molecule has 34 heavy (non-hydrogen) atoms. The average molecular weight is 519 g/mol. The molecule has 2 heterocycles. The standard InChI is InChI=1S/C23H19BrN8O2/c1-33-17-8-13(5-6-16(17)34-10-12-3-2-4-14(24)7-12)20-18-19(27)15(9-25)21(28)31-22(18)32-23(30-20)29-11-26/h2-8,20H,10H2,1H3,(H6,27,28,29,30,31,32). The number of fused-ring (bicyclic) bond motifs is 1. The smallest absolute Gasteiger partial charge is 0.211 e. The summed E-state index contributed by atoms with van der Waals surface area (Å²) in [5.74, 6) is 1.49. The monoisotopic (exact) mass is 518 g/mol. The molecule has 0 saturated carbocycles. The number of benzene rings is 2. The maximum atomic E-state index is 9.48. The van der Waals surface area contributed by atoms with Crippen LogP contribution in [0.15, 0.2) is 51.9 Å². The van der Waals surface area contributed by atoms with E-state index in [0.29, 0.717) is 35.1 Å². The fourth-order valence-corrected chi connectivity index (χ4v) is 4.03. The predicted octanol–water partition coefficient (Wildman–Crippen LogP) is 3.41. The molecule has 0 aliphatic carbocycles. The van der Waals surface area contributed by atoms with E-state index in [1.807, 2.05) is 42.6 Å². The van der Waals surface area contributed by atoms with Crippen molar-refractivity contribution in [1.29, 1.82) is 10.5 Å². The molecule has 0 fully saturated rings. The van der Waals surface area contributed by atoms with E-state index in [9.17, 15) is 5.26 Å². The Balaban J connectivity index is 1.73. The molecule has 1 unspecified atom stereocenters. The highest BCUT2D eigenvalue weighted by atomic mass is 79.9. The summed E-state index contributed by atoms with van der Waals surface area (Å²) in [5.41, 5.74) is 14.6. The number of ether oxygens (including phenoxy) is 2. The van der Waals surface area contributed by atoms with Crippen LogP contribution in [0.25, 0.3) is 0 Å². The maximum Gasteiger partial charge on any atom is 0.211 e. The van der Waals surface area contributed by atoms with Crippen molar-refractivity contribution in [3.63, 3.8) is 0 Å². The molecule has 3 aromatic rings. The van der Waals surface area contributed by atoms with Gasteiger partial charge in [0.1, 0.15) is 35.9 Å². The minimum atomic E-state index is -0.680. The van der Waals surface area contributed by atoms with Crippen LogP contribution in [0.3, 0.4) is 0 Å². The molecule has 1 atom stereocenters. The van der Waals surface area contributed by atoms with Gasteiger partial charge in [-0.2, -0.15) is 10.5 Å². The normalized spacial score (nSPS) is 14.0. The Bertz CT molecular complexity index is 1380. The van der Waals surface area contributed by atoms with E-state index in [1.54, 1.807) is 12.1 Å². The third-order valence-electron chi connectivity index (χ3n) is 5.14. The zero-order chi connectivity index (χ0) is 24.2. The van der Waals surface area contributed by atoms with Gasteiger partial charge in [0.05, 0.1) is 12.8 Å². The van der Waals surface area contributed by atoms with E-state index in [2.05, 4.69) is 36.5 Å². The van der Waals surface area contributed by atoms with Gasteiger partial charge in [0.25, 0.3) is 0 Å². The first-order chi connectivity index (χ1) is 16.4. The Hall–Kier alpha value is -4.48. The van der Waals surface area contributed by atoms with Gasteiger partial charge in [0.15, 0.2) is 17.7 Å². The lowest BCUT2D eigenvalue weighted by atomic mass is 9.95. The fraction of sp³-hybridized carbons (Fsp3) is 0.130. The lowest BCUT2D eigenvalue weighted by Gasteiger charge is -2.26. The highest BCUT2D eigenvalue weighted by molar-refractivity contribution is 9.10. The minimum absolute atomic E-state index is 0.0166. The Labute approximate surface area is 204 Å². The van der Waals surface area contributed by atoms with Crippen LogP contribution in [-0.2, 0) is 6.61 Å². The number of anilines is 3. The molecule has 0 spiro atoms. The van der Waals surface area contributed by atoms with Crippen molar-refractivity contribution in [2.45, 2.75) is 12.6 Å². The highest BCUT2D eigenvalue weighted by Crippen LogP contribution is 2.42. The number of pyridine rings is 1. The third-order valence-corrected chi connectivity index (χ3v) is 5.64. The molecule has 1 aromatic heterocycles. The van der Waals surface area contributed by atoms with Crippen LogP contribution >= 0.6 is 15.9 Å². The van der Waals surface area contributed by atoms with Gasteiger partial charge in [-0.05, 0) is 35.4 Å². The Morgan fingerprint density at radius 2 is 2.00 bits per heavy atom. The first-order valence-corrected chi connectivity index (χ1v) is 10.8. The summed E-state index contributed by atoms with van der Waals surface area (Å²) < 4.78 is 12.5. The Morgan fingerprint density at radius 3 is 2.71 bits per heavy atom. The van der Waals surface area contributed by atoms with Gasteiger partial charge in [-0.1, -0.05) is 34.1 Å². The number of aromatic nitrogens is 1. The van der Waals surface area contributed by atoms with Gasteiger partial charge in [0, 0.05) is 10.0 Å². The number of nitrogens with two attached hydrogens (primary N) is 2. The molecular weight excluding hydrogens is 500 g/mol. The number of nitrogens with one attached hydrogen (secondary N) is 2. The van der Waals surface area contributed by atoms with Crippen molar-refractivity contribution in [2.24, 2.45) is 4.99 Å². The first kappa shape index (κ1) is 22.7. The summed E-state index contributed by atoms with van der Waals surface area (Å²) in [6.07, 6.45) is 1.83. The number of hydrogen-bond donors (Lipinski definition) is 4. The van der Waals surface area contributed by atoms with E-state index in [1.165, 1.54) is 7.11 Å². The van der Waals surface area contributed by atoms with Crippen LogP contribution in [-0.4, -0.2) is 18.1 Å². The summed E-state index contributed by atoms with van der Waals surface area (Å²) in [4.78, 5) is 8.82. The van der Waals surface area contributed by atoms with Crippen molar-refractivity contribution >= 4 is 39.2 Å². The van der Waals surface area contributed by atoms with Crippen LogP contribution in [0.4, 0.5) is 17.3 Å². The number of halogens is 1. The SMILES string of the molecule is COc1cc(C2N=C(NC#N)Nc3nc(N)c(C#N)c(N)c32)ccc1OCc1cccc(Br)c1. The molecule has 6 N–H and O–H groups in total. The molecule has 1 aliphatic rings. The zero-order valence-electron chi connectivity index (χ0n) is 18.0. The number of nitrogen functional groups attached to an aromatic ring is 2. The highest BCUT2D eigenvalue weighted by Gasteiger charge is 2.30. The van der Waals surface area contributed by atoms with Gasteiger partial charge in [-0.25, -0.2) is 9.98 Å². The van der Waals surface area contributed by atoms with Crippen molar-refractivity contribution in [3.05, 3.63) is 69.2 Å². The second-order valence-corrected chi connectivity index (χ2v) is 8.15.